The van der Waals surface area contributed by atoms with Gasteiger partial charge in [-0.05, 0) is 0 Å². The molecule has 23 heteroatoms. The van der Waals surface area contributed by atoms with Crippen LogP contribution in [-0.2, 0) is 0 Å². The van der Waals surface area contributed by atoms with Gasteiger partial charge in [-0.25, -0.2) is 4.39 Å². The second kappa shape index (κ2) is 8.21. The van der Waals surface area contributed by atoms with Crippen molar-refractivity contribution >= 4 is 0 Å². The molecule has 0 bridgehead atoms. The van der Waals surface area contributed by atoms with Crippen LogP contribution in [0.1, 0.15) is 6.42 Å². The summed E-state index contributed by atoms with van der Waals surface area (Å²) < 4.78 is 284. The van der Waals surface area contributed by atoms with E-state index < -0.39 is 72.3 Å². The second-order valence-electron chi connectivity index (χ2n) is 6.44. The molecule has 0 fully saturated rings. The minimum atomic E-state index is -9.25. The van der Waals surface area contributed by atoms with Crippen molar-refractivity contribution in [2.45, 2.75) is 72.3 Å². The van der Waals surface area contributed by atoms with E-state index in [1.165, 1.54) is 0 Å². The van der Waals surface area contributed by atoms with Gasteiger partial charge in [0.05, 0.1) is 6.42 Å². The molecular weight excluding hydrogens is 578 g/mol. The Kier molecular flexibility index (Phi) is 7.84. The summed E-state index contributed by atoms with van der Waals surface area (Å²) in [5, 5.41) is 7.82. The fraction of sp³-hybridized carbons (Fsp3) is 1.00. The van der Waals surface area contributed by atoms with E-state index in [2.05, 4.69) is 0 Å². The van der Waals surface area contributed by atoms with Crippen LogP contribution in [0, 0.1) is 0 Å². The molecule has 0 heterocycles. The van der Waals surface area contributed by atoms with Crippen molar-refractivity contribution in [3.8, 4) is 0 Å². The first-order chi connectivity index (χ1) is 14.7. The third-order valence-corrected chi connectivity index (χ3v) is 4.00. The van der Waals surface area contributed by atoms with Gasteiger partial charge >= 0.3 is 59.5 Å². The molecule has 0 aromatic rings. The second-order valence-corrected chi connectivity index (χ2v) is 6.44. The average molecular weight is 582 g/mol. The lowest BCUT2D eigenvalue weighted by Crippen LogP contribution is -2.76. The molecule has 0 aromatic heterocycles. The highest BCUT2D eigenvalue weighted by atomic mass is 19.4. The Morgan fingerprint density at radius 3 is 0.771 bits per heavy atom. The third kappa shape index (κ3) is 4.21. The zero-order valence-electron chi connectivity index (χ0n) is 15.0. The first-order valence-electron chi connectivity index (χ1n) is 7.46. The van der Waals surface area contributed by atoms with E-state index >= 15 is 0 Å². The number of rotatable bonds is 10. The van der Waals surface area contributed by atoms with Crippen molar-refractivity contribution in [3.05, 3.63) is 0 Å². The molecule has 1 unspecified atom stereocenters. The lowest BCUT2D eigenvalue weighted by atomic mass is 9.86. The fourth-order valence-corrected chi connectivity index (χ4v) is 1.93. The van der Waals surface area contributed by atoms with Gasteiger partial charge in [-0.3, -0.25) is 0 Å². The van der Waals surface area contributed by atoms with Crippen LogP contribution in [0.2, 0.25) is 0 Å². The first kappa shape index (κ1) is 33.4. The third-order valence-electron chi connectivity index (χ3n) is 4.00. The Morgan fingerprint density at radius 1 is 0.371 bits per heavy atom. The van der Waals surface area contributed by atoms with Gasteiger partial charge < -0.3 is 5.11 Å². The number of alkyl halides is 22. The minimum absolute atomic E-state index is 3.68. The van der Waals surface area contributed by atoms with Crippen molar-refractivity contribution in [1.82, 2.24) is 0 Å². The monoisotopic (exact) mass is 582 g/mol. The molecule has 35 heavy (non-hydrogen) atoms. The van der Waals surface area contributed by atoms with Crippen LogP contribution in [0.25, 0.3) is 0 Å². The molecule has 1 atom stereocenters. The van der Waals surface area contributed by atoms with E-state index in [9.17, 15) is 96.6 Å². The summed E-state index contributed by atoms with van der Waals surface area (Å²) in [6, 6.07) is 0. The smallest absolute Gasteiger partial charge is 0.364 e. The van der Waals surface area contributed by atoms with Crippen molar-refractivity contribution in [3.63, 3.8) is 0 Å². The molecule has 0 aliphatic carbocycles. The Morgan fingerprint density at radius 2 is 0.571 bits per heavy atom. The molecule has 212 valence electrons. The number of hydrogen-bond acceptors (Lipinski definition) is 1. The van der Waals surface area contributed by atoms with Crippen LogP contribution < -0.4 is 0 Å². The highest BCUT2D eigenvalue weighted by Gasteiger charge is 2.97. The van der Waals surface area contributed by atoms with Gasteiger partial charge in [0.25, 0.3) is 0 Å². The number of aliphatic hydroxyl groups excluding tert-OH is 1. The summed E-state index contributed by atoms with van der Waals surface area (Å²) in [6.45, 7) is 0. The lowest BCUT2D eigenvalue weighted by Gasteiger charge is -2.44. The molecule has 1 nitrogen and oxygen atoms in total. The van der Waals surface area contributed by atoms with Gasteiger partial charge in [-0.2, -0.15) is 92.2 Å². The molecular formula is C12H4F22O. The topological polar surface area (TPSA) is 20.2 Å². The van der Waals surface area contributed by atoms with Gasteiger partial charge in [0, 0.05) is 0 Å². The van der Waals surface area contributed by atoms with Gasteiger partial charge in [-0.1, -0.05) is 0 Å². The zero-order valence-corrected chi connectivity index (χ0v) is 15.0. The van der Waals surface area contributed by atoms with Gasteiger partial charge in [0.15, 0.2) is 0 Å². The first-order valence-corrected chi connectivity index (χ1v) is 7.46. The standard InChI is InChI=1S/C12H4F22O/c13-2(35)1-3(14,15)4(16,17)5(18,19)6(20,21)7(22,23)8(24,25)9(26,27)10(28,29)11(30,31)12(32,33)34/h2,35H,1H2. The van der Waals surface area contributed by atoms with E-state index in [1.54, 1.807) is 0 Å². The van der Waals surface area contributed by atoms with Crippen molar-refractivity contribution in [1.29, 1.82) is 0 Å². The van der Waals surface area contributed by atoms with Crippen LogP contribution in [0.4, 0.5) is 96.6 Å². The Labute approximate surface area is 175 Å². The molecule has 0 aliphatic heterocycles. The van der Waals surface area contributed by atoms with E-state index in [0.29, 0.717) is 0 Å². The molecule has 1 N–H and O–H groups in total. The lowest BCUT2D eigenvalue weighted by molar-refractivity contribution is -0.474. The summed E-state index contributed by atoms with van der Waals surface area (Å²) in [5.41, 5.74) is 0. The van der Waals surface area contributed by atoms with Crippen molar-refractivity contribution in [2.24, 2.45) is 0 Å². The molecule has 0 aliphatic rings. The molecule has 0 spiro atoms. The van der Waals surface area contributed by atoms with E-state index in [0.717, 1.165) is 0 Å². The highest BCUT2D eigenvalue weighted by molar-refractivity contribution is 5.17. The maximum Gasteiger partial charge on any atom is 0.460 e. The summed E-state index contributed by atoms with van der Waals surface area (Å²) in [5.74, 6) is -78.3. The Hall–Kier alpha value is -1.58. The molecule has 0 saturated heterocycles. The molecule has 0 saturated carbocycles. The maximum atomic E-state index is 13.3. The van der Waals surface area contributed by atoms with Crippen LogP contribution >= 0.6 is 0 Å². The quantitative estimate of drug-likeness (QED) is 0.277. The van der Waals surface area contributed by atoms with Gasteiger partial charge in [0.1, 0.15) is 0 Å². The summed E-state index contributed by atoms with van der Waals surface area (Å²) >= 11 is 0. The zero-order chi connectivity index (χ0) is 29.3. The minimum Gasteiger partial charge on any atom is -0.364 e. The van der Waals surface area contributed by atoms with E-state index in [4.69, 9.17) is 5.11 Å². The average Bonchev–Trinajstić information content (AvgIpc) is 2.58. The van der Waals surface area contributed by atoms with Crippen molar-refractivity contribution in [2.75, 3.05) is 0 Å². The van der Waals surface area contributed by atoms with E-state index in [-0.39, 0.29) is 0 Å². The summed E-state index contributed by atoms with van der Waals surface area (Å²) in [4.78, 5) is 0. The number of hydrogen-bond donors (Lipinski definition) is 1. The molecule has 0 radical (unpaired) electrons. The van der Waals surface area contributed by atoms with Crippen LogP contribution in [0.15, 0.2) is 0 Å². The highest BCUT2D eigenvalue weighted by Crippen LogP contribution is 2.66. The number of aliphatic hydroxyl groups is 1. The van der Waals surface area contributed by atoms with Crippen LogP contribution in [0.3, 0.4) is 0 Å². The molecule has 0 rings (SSSR count). The fourth-order valence-electron chi connectivity index (χ4n) is 1.93. The van der Waals surface area contributed by atoms with Gasteiger partial charge in [-0.15, -0.1) is 0 Å². The maximum absolute atomic E-state index is 13.3. The predicted octanol–water partition coefficient (Wildman–Crippen LogP) is 6.94. The normalized spacial score (nSPS) is 17.6. The van der Waals surface area contributed by atoms with Crippen molar-refractivity contribution < 1.29 is 102 Å². The van der Waals surface area contributed by atoms with Gasteiger partial charge in [0.2, 0.25) is 6.36 Å². The SMILES string of the molecule is OC(F)CC(F)(F)C(F)(F)C(F)(F)C(F)(F)C(F)(F)C(F)(F)C(F)(F)C(F)(F)C(F)(F)C(F)(F)F. The Bertz CT molecular complexity index is 759. The molecule has 0 aromatic carbocycles. The van der Waals surface area contributed by atoms with E-state index in [1.807, 2.05) is 0 Å². The predicted molar refractivity (Wildman–Crippen MR) is 62.3 cm³/mol. The molecule has 0 amide bonds. The van der Waals surface area contributed by atoms with Crippen LogP contribution in [0.5, 0.6) is 0 Å². The Balaban J connectivity index is 7.03. The number of halogens is 22. The van der Waals surface area contributed by atoms with Crippen LogP contribution in [-0.4, -0.2) is 70.9 Å². The summed E-state index contributed by atoms with van der Waals surface area (Å²) in [6.07, 6.45) is -16.1. The summed E-state index contributed by atoms with van der Waals surface area (Å²) in [7, 11) is 0. The largest absolute Gasteiger partial charge is 0.460 e.